The van der Waals surface area contributed by atoms with Crippen LogP contribution in [0.5, 0.6) is 0 Å². The molecule has 0 saturated heterocycles. The summed E-state index contributed by atoms with van der Waals surface area (Å²) in [6, 6.07) is 8.32. The van der Waals surface area contributed by atoms with Gasteiger partial charge >= 0.3 is 0 Å². The lowest BCUT2D eigenvalue weighted by Crippen LogP contribution is -1.83. The van der Waals surface area contributed by atoms with Gasteiger partial charge in [-0.3, -0.25) is 0 Å². The van der Waals surface area contributed by atoms with E-state index in [4.69, 9.17) is 6.42 Å². The van der Waals surface area contributed by atoms with Gasteiger partial charge in [-0.1, -0.05) is 37.1 Å². The Morgan fingerprint density at radius 3 is 2.18 bits per heavy atom. The lowest BCUT2D eigenvalue weighted by Gasteiger charge is -1.97. The number of benzene rings is 1. The highest BCUT2D eigenvalue weighted by Gasteiger charge is 1.89. The summed E-state index contributed by atoms with van der Waals surface area (Å²) >= 11 is 0. The third-order valence-electron chi connectivity index (χ3n) is 1.72. The van der Waals surface area contributed by atoms with Crippen molar-refractivity contribution >= 4 is 0 Å². The van der Waals surface area contributed by atoms with Crippen molar-refractivity contribution in [1.82, 2.24) is 0 Å². The maximum Gasteiger partial charge on any atom is 0.0350 e. The summed E-state index contributed by atoms with van der Waals surface area (Å²) in [4.78, 5) is 0. The molecule has 0 aliphatic carbocycles. The SMILES string of the molecule is [C]#CCc1ccc(CC)cc1. The Morgan fingerprint density at radius 2 is 1.73 bits per heavy atom. The van der Waals surface area contributed by atoms with Gasteiger partial charge in [-0.15, -0.1) is 0 Å². The Kier molecular flexibility index (Phi) is 2.74. The molecule has 0 aromatic heterocycles. The molecule has 11 heavy (non-hydrogen) atoms. The van der Waals surface area contributed by atoms with Crippen molar-refractivity contribution in [2.45, 2.75) is 19.8 Å². The molecule has 0 nitrogen and oxygen atoms in total. The van der Waals surface area contributed by atoms with E-state index in [-0.39, 0.29) is 0 Å². The number of rotatable bonds is 2. The van der Waals surface area contributed by atoms with E-state index in [1.165, 1.54) is 5.56 Å². The zero-order valence-electron chi connectivity index (χ0n) is 6.72. The van der Waals surface area contributed by atoms with Crippen LogP contribution in [0.25, 0.3) is 0 Å². The van der Waals surface area contributed by atoms with Crippen molar-refractivity contribution in [2.75, 3.05) is 0 Å². The van der Waals surface area contributed by atoms with Crippen LogP contribution in [0.15, 0.2) is 24.3 Å². The third kappa shape index (κ3) is 2.13. The first-order chi connectivity index (χ1) is 5.36. The minimum atomic E-state index is 0.629. The van der Waals surface area contributed by atoms with E-state index in [0.717, 1.165) is 12.0 Å². The normalized spacial score (nSPS) is 9.09. The summed E-state index contributed by atoms with van der Waals surface area (Å²) in [5.41, 5.74) is 2.51. The molecule has 0 amide bonds. The van der Waals surface area contributed by atoms with Gasteiger partial charge in [-0.25, -0.2) is 0 Å². The molecule has 0 unspecified atom stereocenters. The van der Waals surface area contributed by atoms with Gasteiger partial charge in [0.15, 0.2) is 0 Å². The molecular formula is C11H11. The summed E-state index contributed by atoms with van der Waals surface area (Å²) in [6.07, 6.45) is 8.50. The number of hydrogen-bond acceptors (Lipinski definition) is 0. The maximum absolute atomic E-state index is 6.79. The molecule has 1 aromatic carbocycles. The van der Waals surface area contributed by atoms with Crippen LogP contribution in [-0.2, 0) is 12.8 Å². The third-order valence-corrected chi connectivity index (χ3v) is 1.72. The predicted octanol–water partition coefficient (Wildman–Crippen LogP) is 2.38. The Hall–Kier alpha value is -1.22. The molecular weight excluding hydrogens is 132 g/mol. The molecule has 1 radical (unpaired) electrons. The largest absolute Gasteiger partial charge is 0.0843 e. The maximum atomic E-state index is 6.79. The minimum absolute atomic E-state index is 0.629. The number of hydrogen-bond donors (Lipinski definition) is 0. The highest BCUT2D eigenvalue weighted by molar-refractivity contribution is 5.24. The lowest BCUT2D eigenvalue weighted by molar-refractivity contribution is 1.13. The van der Waals surface area contributed by atoms with Crippen molar-refractivity contribution in [2.24, 2.45) is 0 Å². The van der Waals surface area contributed by atoms with E-state index in [2.05, 4.69) is 37.1 Å². The summed E-state index contributed by atoms with van der Waals surface area (Å²) in [5, 5.41) is 0. The second-order valence-corrected chi connectivity index (χ2v) is 2.52. The van der Waals surface area contributed by atoms with Gasteiger partial charge in [0.1, 0.15) is 0 Å². The van der Waals surface area contributed by atoms with E-state index in [1.54, 1.807) is 0 Å². The van der Waals surface area contributed by atoms with Crippen LogP contribution in [0, 0.1) is 12.3 Å². The molecule has 0 heterocycles. The summed E-state index contributed by atoms with van der Waals surface area (Å²) in [6.45, 7) is 2.14. The first-order valence-electron chi connectivity index (χ1n) is 3.84. The van der Waals surface area contributed by atoms with Crippen LogP contribution in [0.2, 0.25) is 0 Å². The molecule has 0 fully saturated rings. The summed E-state index contributed by atoms with van der Waals surface area (Å²) in [5.74, 6) is 2.37. The highest BCUT2D eigenvalue weighted by atomic mass is 13.9. The minimum Gasteiger partial charge on any atom is -0.0843 e. The van der Waals surface area contributed by atoms with Gasteiger partial charge in [0.25, 0.3) is 0 Å². The average molecular weight is 143 g/mol. The topological polar surface area (TPSA) is 0 Å². The van der Waals surface area contributed by atoms with Crippen LogP contribution >= 0.6 is 0 Å². The molecule has 0 N–H and O–H groups in total. The predicted molar refractivity (Wildman–Crippen MR) is 46.7 cm³/mol. The molecule has 0 spiro atoms. The highest BCUT2D eigenvalue weighted by Crippen LogP contribution is 2.04. The van der Waals surface area contributed by atoms with Gasteiger partial charge in [-0.05, 0) is 24.0 Å². The molecule has 55 valence electrons. The van der Waals surface area contributed by atoms with Crippen molar-refractivity contribution in [3.63, 3.8) is 0 Å². The summed E-state index contributed by atoms with van der Waals surface area (Å²) in [7, 11) is 0. The molecule has 0 saturated carbocycles. The second-order valence-electron chi connectivity index (χ2n) is 2.52. The molecule has 0 bridgehead atoms. The molecule has 0 heteroatoms. The van der Waals surface area contributed by atoms with Crippen molar-refractivity contribution in [3.8, 4) is 5.92 Å². The standard InChI is InChI=1S/C11H11/c1-3-5-11-8-6-10(4-2)7-9-11/h6-9H,4-5H2,2H3. The van der Waals surface area contributed by atoms with Crippen molar-refractivity contribution < 1.29 is 0 Å². The molecule has 1 rings (SSSR count). The quantitative estimate of drug-likeness (QED) is 0.557. The molecule has 0 aliphatic rings. The smallest absolute Gasteiger partial charge is 0.0350 e. The zero-order chi connectivity index (χ0) is 8.10. The lowest BCUT2D eigenvalue weighted by atomic mass is 10.1. The fraction of sp³-hybridized carbons (Fsp3) is 0.273. The van der Waals surface area contributed by atoms with E-state index < -0.39 is 0 Å². The summed E-state index contributed by atoms with van der Waals surface area (Å²) < 4.78 is 0. The monoisotopic (exact) mass is 143 g/mol. The van der Waals surface area contributed by atoms with Crippen LogP contribution in [0.1, 0.15) is 18.1 Å². The zero-order valence-corrected chi connectivity index (χ0v) is 6.72. The average Bonchev–Trinajstić information content (AvgIpc) is 2.07. The van der Waals surface area contributed by atoms with E-state index in [1.807, 2.05) is 0 Å². The first-order valence-corrected chi connectivity index (χ1v) is 3.84. The van der Waals surface area contributed by atoms with E-state index >= 15 is 0 Å². The van der Waals surface area contributed by atoms with Crippen LogP contribution in [0.4, 0.5) is 0 Å². The fourth-order valence-electron chi connectivity index (χ4n) is 0.995. The van der Waals surface area contributed by atoms with Gasteiger partial charge in [-0.2, -0.15) is 0 Å². The van der Waals surface area contributed by atoms with Gasteiger partial charge in [0, 0.05) is 6.42 Å². The first kappa shape index (κ1) is 7.88. The van der Waals surface area contributed by atoms with E-state index in [0.29, 0.717) is 6.42 Å². The number of aryl methyl sites for hydroxylation is 1. The Balaban J connectivity index is 2.76. The Morgan fingerprint density at radius 1 is 1.18 bits per heavy atom. The Labute approximate surface area is 68.3 Å². The van der Waals surface area contributed by atoms with Gasteiger partial charge in [0.2, 0.25) is 0 Å². The molecule has 0 atom stereocenters. The molecule has 0 aliphatic heterocycles. The molecule has 1 aromatic rings. The van der Waals surface area contributed by atoms with Crippen molar-refractivity contribution in [1.29, 1.82) is 0 Å². The van der Waals surface area contributed by atoms with Crippen molar-refractivity contribution in [3.05, 3.63) is 41.8 Å². The van der Waals surface area contributed by atoms with Crippen LogP contribution in [-0.4, -0.2) is 0 Å². The van der Waals surface area contributed by atoms with Crippen LogP contribution in [0.3, 0.4) is 0 Å². The second kappa shape index (κ2) is 3.83. The van der Waals surface area contributed by atoms with E-state index in [9.17, 15) is 0 Å². The fourth-order valence-corrected chi connectivity index (χ4v) is 0.995. The Bertz CT molecular complexity index is 248. The van der Waals surface area contributed by atoms with Gasteiger partial charge < -0.3 is 0 Å². The van der Waals surface area contributed by atoms with Gasteiger partial charge in [0.05, 0.1) is 0 Å². The van der Waals surface area contributed by atoms with Crippen LogP contribution < -0.4 is 0 Å².